The second kappa shape index (κ2) is 7.51. The zero-order valence-electron chi connectivity index (χ0n) is 15.1. The van der Waals surface area contributed by atoms with Crippen molar-refractivity contribution in [1.29, 1.82) is 0 Å². The van der Waals surface area contributed by atoms with E-state index in [1.165, 1.54) is 37.8 Å². The molecule has 4 nitrogen and oxygen atoms in total. The minimum absolute atomic E-state index is 0.101. The highest BCUT2D eigenvalue weighted by atomic mass is 19.2. The number of piperazine rings is 1. The predicted octanol–water partition coefficient (Wildman–Crippen LogP) is 2.64. The maximum atomic E-state index is 13.5. The van der Waals surface area contributed by atoms with Crippen molar-refractivity contribution in [1.82, 2.24) is 10.2 Å². The van der Waals surface area contributed by atoms with Crippen molar-refractivity contribution >= 4 is 11.6 Å². The predicted molar refractivity (Wildman–Crippen MR) is 97.0 cm³/mol. The first-order valence-corrected chi connectivity index (χ1v) is 9.83. The molecule has 0 radical (unpaired) electrons. The first-order chi connectivity index (χ1) is 12.6. The number of hydrogen-bond acceptors (Lipinski definition) is 3. The van der Waals surface area contributed by atoms with E-state index in [4.69, 9.17) is 0 Å². The van der Waals surface area contributed by atoms with Gasteiger partial charge in [0.15, 0.2) is 11.6 Å². The fourth-order valence-electron chi connectivity index (χ4n) is 4.97. The van der Waals surface area contributed by atoms with Gasteiger partial charge >= 0.3 is 0 Å². The van der Waals surface area contributed by atoms with Crippen molar-refractivity contribution in [2.45, 2.75) is 25.7 Å². The van der Waals surface area contributed by atoms with E-state index in [0.717, 1.165) is 13.1 Å². The monoisotopic (exact) mass is 363 g/mol. The molecule has 6 heteroatoms. The molecule has 1 amide bonds. The van der Waals surface area contributed by atoms with E-state index < -0.39 is 11.6 Å². The van der Waals surface area contributed by atoms with E-state index in [1.807, 2.05) is 9.80 Å². The van der Waals surface area contributed by atoms with E-state index in [9.17, 15) is 13.6 Å². The van der Waals surface area contributed by atoms with Gasteiger partial charge in [0.1, 0.15) is 0 Å². The number of halogens is 2. The Morgan fingerprint density at radius 1 is 1.00 bits per heavy atom. The Labute approximate surface area is 153 Å². The van der Waals surface area contributed by atoms with Crippen LogP contribution in [-0.2, 0) is 4.79 Å². The van der Waals surface area contributed by atoms with E-state index in [-0.39, 0.29) is 11.8 Å². The van der Waals surface area contributed by atoms with Gasteiger partial charge in [-0.25, -0.2) is 8.78 Å². The molecule has 2 heterocycles. The number of rotatable bonds is 2. The highest BCUT2D eigenvalue weighted by molar-refractivity contribution is 5.80. The molecule has 0 spiro atoms. The van der Waals surface area contributed by atoms with Gasteiger partial charge in [-0.3, -0.25) is 4.79 Å². The van der Waals surface area contributed by atoms with Crippen molar-refractivity contribution in [3.05, 3.63) is 29.8 Å². The van der Waals surface area contributed by atoms with Crippen LogP contribution in [0.15, 0.2) is 18.2 Å². The van der Waals surface area contributed by atoms with Gasteiger partial charge in [-0.15, -0.1) is 0 Å². The Kier molecular flexibility index (Phi) is 5.11. The smallest absolute Gasteiger partial charge is 0.227 e. The maximum Gasteiger partial charge on any atom is 0.227 e. The lowest BCUT2D eigenvalue weighted by atomic mass is 9.70. The largest absolute Gasteiger partial charge is 0.368 e. The van der Waals surface area contributed by atoms with Crippen LogP contribution in [0.1, 0.15) is 25.7 Å². The van der Waals surface area contributed by atoms with Crippen LogP contribution in [0.5, 0.6) is 0 Å². The molecule has 1 saturated carbocycles. The summed E-state index contributed by atoms with van der Waals surface area (Å²) in [5, 5.41) is 3.47. The standard InChI is InChI=1S/C20H27F2N3O/c21-18-6-5-15(11-19(18)22)24-7-9-25(10-8-24)20(26)17-13-23-12-14-3-1-2-4-16(14)17/h5-6,11,14,16-17,23H,1-4,7-10,12-13H2. The molecule has 0 aromatic heterocycles. The Bertz CT molecular complexity index is 658. The minimum atomic E-state index is -0.825. The number of nitrogens with zero attached hydrogens (tertiary/aromatic N) is 2. The Hall–Kier alpha value is -1.69. The fourth-order valence-corrected chi connectivity index (χ4v) is 4.97. The average Bonchev–Trinajstić information content (AvgIpc) is 2.69. The number of carbonyl (C=O) groups excluding carboxylic acids is 1. The van der Waals surface area contributed by atoms with Crippen LogP contribution in [0, 0.1) is 29.4 Å². The number of piperidine rings is 1. The van der Waals surface area contributed by atoms with Crippen molar-refractivity contribution in [3.63, 3.8) is 0 Å². The summed E-state index contributed by atoms with van der Waals surface area (Å²) in [6, 6.07) is 4.01. The SMILES string of the molecule is O=C(C1CNCC2CCCCC21)N1CCN(c2ccc(F)c(F)c2)CC1. The van der Waals surface area contributed by atoms with E-state index in [1.54, 1.807) is 6.07 Å². The van der Waals surface area contributed by atoms with E-state index in [2.05, 4.69) is 5.32 Å². The number of amides is 1. The molecule has 2 saturated heterocycles. The number of carbonyl (C=O) groups is 1. The molecule has 142 valence electrons. The van der Waals surface area contributed by atoms with Gasteiger partial charge < -0.3 is 15.1 Å². The molecular formula is C20H27F2N3O. The van der Waals surface area contributed by atoms with Crippen molar-refractivity contribution < 1.29 is 13.6 Å². The summed E-state index contributed by atoms with van der Waals surface area (Å²) in [5.41, 5.74) is 0.683. The number of benzene rings is 1. The Morgan fingerprint density at radius 3 is 2.54 bits per heavy atom. The third kappa shape index (κ3) is 3.43. The lowest BCUT2D eigenvalue weighted by Gasteiger charge is -2.44. The highest BCUT2D eigenvalue weighted by Crippen LogP contribution is 2.38. The van der Waals surface area contributed by atoms with E-state index in [0.29, 0.717) is 43.7 Å². The van der Waals surface area contributed by atoms with Crippen LogP contribution in [-0.4, -0.2) is 50.1 Å². The second-order valence-electron chi connectivity index (χ2n) is 7.88. The molecule has 4 rings (SSSR count). The summed E-state index contributed by atoms with van der Waals surface area (Å²) >= 11 is 0. The highest BCUT2D eigenvalue weighted by Gasteiger charge is 2.40. The van der Waals surface area contributed by atoms with Gasteiger partial charge in [-0.1, -0.05) is 12.8 Å². The summed E-state index contributed by atoms with van der Waals surface area (Å²) in [7, 11) is 0. The number of nitrogens with one attached hydrogen (secondary N) is 1. The molecule has 3 atom stereocenters. The molecule has 1 aromatic rings. The topological polar surface area (TPSA) is 35.6 Å². The van der Waals surface area contributed by atoms with Crippen LogP contribution in [0.3, 0.4) is 0 Å². The Balaban J connectivity index is 1.38. The average molecular weight is 363 g/mol. The number of fused-ring (bicyclic) bond motifs is 1. The van der Waals surface area contributed by atoms with Gasteiger partial charge in [0.05, 0.1) is 5.92 Å². The first kappa shape index (κ1) is 17.7. The van der Waals surface area contributed by atoms with Crippen LogP contribution >= 0.6 is 0 Å². The van der Waals surface area contributed by atoms with Crippen LogP contribution in [0.25, 0.3) is 0 Å². The third-order valence-corrected chi connectivity index (χ3v) is 6.43. The molecule has 26 heavy (non-hydrogen) atoms. The van der Waals surface area contributed by atoms with Crippen molar-refractivity contribution in [2.24, 2.45) is 17.8 Å². The number of hydrogen-bond donors (Lipinski definition) is 1. The zero-order valence-corrected chi connectivity index (χ0v) is 15.1. The summed E-state index contributed by atoms with van der Waals surface area (Å²) in [6.07, 6.45) is 4.95. The molecule has 1 N–H and O–H groups in total. The first-order valence-electron chi connectivity index (χ1n) is 9.83. The molecule has 3 aliphatic rings. The molecule has 3 unspecified atom stereocenters. The molecule has 3 fully saturated rings. The Morgan fingerprint density at radius 2 is 1.77 bits per heavy atom. The maximum absolute atomic E-state index is 13.5. The quantitative estimate of drug-likeness (QED) is 0.877. The van der Waals surface area contributed by atoms with Gasteiger partial charge in [-0.05, 0) is 43.4 Å². The van der Waals surface area contributed by atoms with Crippen molar-refractivity contribution in [3.8, 4) is 0 Å². The van der Waals surface area contributed by atoms with Gasteiger partial charge in [0.25, 0.3) is 0 Å². The van der Waals surface area contributed by atoms with Crippen LogP contribution in [0.2, 0.25) is 0 Å². The summed E-state index contributed by atoms with van der Waals surface area (Å²) in [5.74, 6) is -0.0911. The van der Waals surface area contributed by atoms with Gasteiger partial charge in [0.2, 0.25) is 5.91 Å². The molecule has 1 aromatic carbocycles. The molecule has 2 aliphatic heterocycles. The molecule has 1 aliphatic carbocycles. The van der Waals surface area contributed by atoms with E-state index >= 15 is 0 Å². The zero-order chi connectivity index (χ0) is 18.1. The summed E-state index contributed by atoms with van der Waals surface area (Å²) in [6.45, 7) is 4.45. The third-order valence-electron chi connectivity index (χ3n) is 6.43. The van der Waals surface area contributed by atoms with Crippen LogP contribution in [0.4, 0.5) is 14.5 Å². The normalized spacial score (nSPS) is 29.4. The molecular weight excluding hydrogens is 336 g/mol. The minimum Gasteiger partial charge on any atom is -0.368 e. The van der Waals surface area contributed by atoms with Crippen molar-refractivity contribution in [2.75, 3.05) is 44.2 Å². The summed E-state index contributed by atoms with van der Waals surface area (Å²) < 4.78 is 26.6. The number of anilines is 1. The lowest BCUT2D eigenvalue weighted by Crippen LogP contribution is -2.56. The fraction of sp³-hybridized carbons (Fsp3) is 0.650. The molecule has 0 bridgehead atoms. The second-order valence-corrected chi connectivity index (χ2v) is 7.88. The van der Waals surface area contributed by atoms with Gasteiger partial charge in [-0.2, -0.15) is 0 Å². The summed E-state index contributed by atoms with van der Waals surface area (Å²) in [4.78, 5) is 17.1. The lowest BCUT2D eigenvalue weighted by molar-refractivity contribution is -0.140. The van der Waals surface area contributed by atoms with Gasteiger partial charge in [0, 0.05) is 44.5 Å². The van der Waals surface area contributed by atoms with Crippen LogP contribution < -0.4 is 10.2 Å².